The Morgan fingerprint density at radius 1 is 1.05 bits per heavy atom. The Hall–Kier alpha value is -4.97. The minimum atomic E-state index is -0.273. The molecule has 2 heterocycles. The van der Waals surface area contributed by atoms with Gasteiger partial charge in [0, 0.05) is 29.1 Å². The van der Waals surface area contributed by atoms with Crippen molar-refractivity contribution in [3.05, 3.63) is 90.0 Å². The van der Waals surface area contributed by atoms with Crippen LogP contribution in [0.5, 0.6) is 5.75 Å². The fourth-order valence-corrected chi connectivity index (χ4v) is 4.87. The summed E-state index contributed by atoms with van der Waals surface area (Å²) in [5, 5.41) is 19.5. The zero-order chi connectivity index (χ0) is 29.3. The highest BCUT2D eigenvalue weighted by Crippen LogP contribution is 2.32. The Morgan fingerprint density at radius 2 is 1.93 bits per heavy atom. The molecule has 0 saturated carbocycles. The first-order valence-electron chi connectivity index (χ1n) is 14.1. The number of esters is 1. The van der Waals surface area contributed by atoms with Crippen molar-refractivity contribution < 1.29 is 18.7 Å². The van der Waals surface area contributed by atoms with E-state index in [4.69, 9.17) is 9.47 Å². The van der Waals surface area contributed by atoms with Crippen LogP contribution in [0.4, 0.5) is 15.8 Å². The van der Waals surface area contributed by atoms with Gasteiger partial charge in [0.1, 0.15) is 17.6 Å². The van der Waals surface area contributed by atoms with Gasteiger partial charge in [0.15, 0.2) is 0 Å². The molecule has 0 aliphatic heterocycles. The van der Waals surface area contributed by atoms with Crippen LogP contribution in [0.25, 0.3) is 21.8 Å². The minimum absolute atomic E-state index is 0.143. The maximum Gasteiger partial charge on any atom is 0.305 e. The summed E-state index contributed by atoms with van der Waals surface area (Å²) >= 11 is 0. The quantitative estimate of drug-likeness (QED) is 0.118. The second kappa shape index (κ2) is 13.6. The van der Waals surface area contributed by atoms with E-state index in [0.717, 1.165) is 58.7 Å². The van der Waals surface area contributed by atoms with Gasteiger partial charge in [-0.1, -0.05) is 25.0 Å². The molecule has 8 nitrogen and oxygen atoms in total. The summed E-state index contributed by atoms with van der Waals surface area (Å²) in [6.45, 7) is 3.24. The van der Waals surface area contributed by atoms with Crippen LogP contribution in [-0.4, -0.2) is 33.9 Å². The number of nitriles is 1. The van der Waals surface area contributed by atoms with E-state index >= 15 is 0 Å². The van der Waals surface area contributed by atoms with Crippen molar-refractivity contribution in [3.63, 3.8) is 0 Å². The van der Waals surface area contributed by atoms with E-state index in [0.29, 0.717) is 43.2 Å². The molecule has 5 rings (SSSR count). The summed E-state index contributed by atoms with van der Waals surface area (Å²) in [6.07, 6.45) is 7.38. The number of fused-ring (bicyclic) bond motifs is 2. The SMILES string of the molecule is CCOC(=O)CCCCCCOc1ccc2ncc(C#N)c(Nc3ccc4c(cnn4Cc4cccc(F)c4)c3)c2c1. The predicted molar refractivity (Wildman–Crippen MR) is 160 cm³/mol. The van der Waals surface area contributed by atoms with Crippen molar-refractivity contribution in [2.45, 2.75) is 45.6 Å². The van der Waals surface area contributed by atoms with E-state index in [2.05, 4.69) is 21.5 Å². The van der Waals surface area contributed by atoms with Gasteiger partial charge in [-0.3, -0.25) is 14.5 Å². The summed E-state index contributed by atoms with van der Waals surface area (Å²) in [4.78, 5) is 15.9. The number of ether oxygens (including phenoxy) is 2. The normalized spacial score (nSPS) is 11.0. The molecule has 0 aliphatic carbocycles. The lowest BCUT2D eigenvalue weighted by atomic mass is 10.1. The molecule has 3 aromatic carbocycles. The van der Waals surface area contributed by atoms with E-state index in [9.17, 15) is 14.4 Å². The number of unbranched alkanes of at least 4 members (excludes halogenated alkanes) is 3. The molecular weight excluding hydrogens is 533 g/mol. The number of hydrogen-bond donors (Lipinski definition) is 1. The maximum absolute atomic E-state index is 13.6. The number of carbonyl (C=O) groups excluding carboxylic acids is 1. The molecule has 0 bridgehead atoms. The second-order valence-electron chi connectivity index (χ2n) is 9.99. The number of halogens is 1. The average Bonchev–Trinajstić information content (AvgIpc) is 3.38. The Morgan fingerprint density at radius 3 is 2.76 bits per heavy atom. The number of benzene rings is 3. The number of aromatic nitrogens is 3. The van der Waals surface area contributed by atoms with E-state index < -0.39 is 0 Å². The molecule has 9 heteroatoms. The number of pyridine rings is 1. The third kappa shape index (κ3) is 7.02. The standard InChI is InChI=1S/C33H32FN5O3/c1-2-41-32(40)10-5-3-4-6-15-42-28-12-13-30-29(18-28)33(25(19-35)20-36-30)38-27-11-14-31-24(17-27)21-37-39(31)22-23-8-7-9-26(34)16-23/h7-9,11-14,16-18,20-21H,2-6,10,15,22H2,1H3,(H,36,38). The van der Waals surface area contributed by atoms with Crippen molar-refractivity contribution in [2.24, 2.45) is 0 Å². The van der Waals surface area contributed by atoms with Gasteiger partial charge >= 0.3 is 5.97 Å². The highest BCUT2D eigenvalue weighted by molar-refractivity contribution is 5.97. The number of nitrogens with one attached hydrogen (secondary N) is 1. The van der Waals surface area contributed by atoms with Crippen molar-refractivity contribution in [1.29, 1.82) is 5.26 Å². The molecule has 0 radical (unpaired) electrons. The van der Waals surface area contributed by atoms with Gasteiger partial charge in [-0.25, -0.2) is 4.39 Å². The van der Waals surface area contributed by atoms with Crippen LogP contribution in [0, 0.1) is 17.1 Å². The lowest BCUT2D eigenvalue weighted by molar-refractivity contribution is -0.143. The summed E-state index contributed by atoms with van der Waals surface area (Å²) in [7, 11) is 0. The van der Waals surface area contributed by atoms with Crippen LogP contribution in [-0.2, 0) is 16.1 Å². The first-order valence-corrected chi connectivity index (χ1v) is 14.1. The Balaban J connectivity index is 1.27. The molecule has 0 atom stereocenters. The highest BCUT2D eigenvalue weighted by atomic mass is 19.1. The topological polar surface area (TPSA) is 102 Å². The van der Waals surface area contributed by atoms with Crippen LogP contribution < -0.4 is 10.1 Å². The molecule has 214 valence electrons. The fraction of sp³-hybridized carbons (Fsp3) is 0.273. The van der Waals surface area contributed by atoms with E-state index in [1.807, 2.05) is 54.1 Å². The Labute approximate surface area is 243 Å². The number of carbonyl (C=O) groups is 1. The molecule has 5 aromatic rings. The van der Waals surface area contributed by atoms with E-state index in [1.165, 1.54) is 12.1 Å². The molecule has 0 fully saturated rings. The Bertz CT molecular complexity index is 1740. The lowest BCUT2D eigenvalue weighted by Gasteiger charge is -2.13. The minimum Gasteiger partial charge on any atom is -0.494 e. The van der Waals surface area contributed by atoms with Gasteiger partial charge in [0.25, 0.3) is 0 Å². The average molecular weight is 566 g/mol. The second-order valence-corrected chi connectivity index (χ2v) is 9.99. The fourth-order valence-electron chi connectivity index (χ4n) is 4.87. The van der Waals surface area contributed by atoms with Gasteiger partial charge in [-0.15, -0.1) is 0 Å². The summed E-state index contributed by atoms with van der Waals surface area (Å²) in [5.74, 6) is 0.281. The first-order chi connectivity index (χ1) is 20.5. The smallest absolute Gasteiger partial charge is 0.305 e. The van der Waals surface area contributed by atoms with Crippen molar-refractivity contribution >= 4 is 39.1 Å². The molecular formula is C33H32FN5O3. The van der Waals surface area contributed by atoms with Gasteiger partial charge in [-0.05, 0) is 73.9 Å². The van der Waals surface area contributed by atoms with Crippen molar-refractivity contribution in [1.82, 2.24) is 14.8 Å². The molecule has 42 heavy (non-hydrogen) atoms. The molecule has 0 amide bonds. The van der Waals surface area contributed by atoms with Crippen LogP contribution in [0.2, 0.25) is 0 Å². The molecule has 0 saturated heterocycles. The highest BCUT2D eigenvalue weighted by Gasteiger charge is 2.12. The van der Waals surface area contributed by atoms with E-state index in [-0.39, 0.29) is 11.8 Å². The Kier molecular flexibility index (Phi) is 9.24. The molecule has 1 N–H and O–H groups in total. The third-order valence-corrected chi connectivity index (χ3v) is 6.94. The number of anilines is 2. The van der Waals surface area contributed by atoms with Crippen LogP contribution in [0.1, 0.15) is 50.2 Å². The molecule has 0 unspecified atom stereocenters. The van der Waals surface area contributed by atoms with Crippen LogP contribution >= 0.6 is 0 Å². The van der Waals surface area contributed by atoms with Crippen LogP contribution in [0.15, 0.2) is 73.1 Å². The van der Waals surface area contributed by atoms with Gasteiger partial charge in [-0.2, -0.15) is 10.4 Å². The number of rotatable bonds is 13. The summed E-state index contributed by atoms with van der Waals surface area (Å²) in [6, 6.07) is 20.3. The van der Waals surface area contributed by atoms with Crippen molar-refractivity contribution in [2.75, 3.05) is 18.5 Å². The molecule has 0 aliphatic rings. The third-order valence-electron chi connectivity index (χ3n) is 6.94. The zero-order valence-corrected chi connectivity index (χ0v) is 23.5. The van der Waals surface area contributed by atoms with Gasteiger partial charge in [0.2, 0.25) is 0 Å². The number of hydrogen-bond acceptors (Lipinski definition) is 7. The summed E-state index contributed by atoms with van der Waals surface area (Å²) in [5.41, 5.74) is 4.36. The van der Waals surface area contributed by atoms with Crippen molar-refractivity contribution in [3.8, 4) is 11.8 Å². The number of nitrogens with zero attached hydrogens (tertiary/aromatic N) is 4. The largest absolute Gasteiger partial charge is 0.494 e. The van der Waals surface area contributed by atoms with E-state index in [1.54, 1.807) is 18.5 Å². The zero-order valence-electron chi connectivity index (χ0n) is 23.5. The van der Waals surface area contributed by atoms with Gasteiger partial charge in [0.05, 0.1) is 48.2 Å². The molecule has 0 spiro atoms. The van der Waals surface area contributed by atoms with Gasteiger partial charge < -0.3 is 14.8 Å². The molecule has 2 aromatic heterocycles. The predicted octanol–water partition coefficient (Wildman–Crippen LogP) is 7.28. The lowest BCUT2D eigenvalue weighted by Crippen LogP contribution is -2.03. The maximum atomic E-state index is 13.6. The monoisotopic (exact) mass is 565 g/mol. The summed E-state index contributed by atoms with van der Waals surface area (Å²) < 4.78 is 26.4. The first kappa shape index (κ1) is 28.6. The van der Waals surface area contributed by atoms with Crippen LogP contribution in [0.3, 0.4) is 0 Å².